The Balaban J connectivity index is 2.24. The number of hydrogen-bond donors (Lipinski definition) is 2. The van der Waals surface area contributed by atoms with E-state index >= 15 is 0 Å². The molecule has 2 rings (SSSR count). The smallest absolute Gasteiger partial charge is 0.257 e. The molecule has 1 aliphatic rings. The normalized spacial score (nSPS) is 23.8. The number of hydrazine groups is 1. The van der Waals surface area contributed by atoms with Gasteiger partial charge in [0.15, 0.2) is 5.82 Å². The summed E-state index contributed by atoms with van der Waals surface area (Å²) in [6, 6.07) is 3.79. The number of nitrogen functional groups attached to an aromatic ring is 1. The van der Waals surface area contributed by atoms with Crippen LogP contribution >= 0.6 is 0 Å². The van der Waals surface area contributed by atoms with Crippen molar-refractivity contribution in [3.63, 3.8) is 0 Å². The Hall–Kier alpha value is -1.62. The Morgan fingerprint density at radius 3 is 3.00 bits per heavy atom. The van der Waals surface area contributed by atoms with E-state index in [4.69, 9.17) is 5.84 Å². The van der Waals surface area contributed by atoms with Crippen LogP contribution in [-0.4, -0.2) is 28.4 Å². The van der Waals surface area contributed by atoms with E-state index in [2.05, 4.69) is 24.3 Å². The minimum absolute atomic E-state index is 0.00935. The molecule has 2 unspecified atom stereocenters. The maximum absolute atomic E-state index is 12.5. The predicted molar refractivity (Wildman–Crippen MR) is 70.9 cm³/mol. The van der Waals surface area contributed by atoms with E-state index < -0.39 is 0 Å². The maximum Gasteiger partial charge on any atom is 0.257 e. The average molecular weight is 248 g/mol. The van der Waals surface area contributed by atoms with E-state index in [1.54, 1.807) is 18.3 Å². The quantitative estimate of drug-likeness (QED) is 0.616. The number of aromatic nitrogens is 1. The Morgan fingerprint density at radius 1 is 1.50 bits per heavy atom. The van der Waals surface area contributed by atoms with Crippen molar-refractivity contribution in [2.45, 2.75) is 32.7 Å². The zero-order valence-electron chi connectivity index (χ0n) is 10.9. The van der Waals surface area contributed by atoms with E-state index in [9.17, 15) is 4.79 Å². The fourth-order valence-electron chi connectivity index (χ4n) is 2.42. The van der Waals surface area contributed by atoms with Crippen molar-refractivity contribution in [1.29, 1.82) is 0 Å². The molecular formula is C13H20N4O. The number of hydrogen-bond acceptors (Lipinski definition) is 4. The molecule has 0 bridgehead atoms. The molecule has 1 fully saturated rings. The number of amides is 1. The first-order valence-corrected chi connectivity index (χ1v) is 6.36. The fourth-order valence-corrected chi connectivity index (χ4v) is 2.42. The van der Waals surface area contributed by atoms with Crippen LogP contribution in [0.15, 0.2) is 18.3 Å². The van der Waals surface area contributed by atoms with Gasteiger partial charge < -0.3 is 10.3 Å². The van der Waals surface area contributed by atoms with Crippen LogP contribution in [0.3, 0.4) is 0 Å². The molecule has 0 aromatic carbocycles. The summed E-state index contributed by atoms with van der Waals surface area (Å²) in [6.45, 7) is 5.08. The Labute approximate surface area is 107 Å². The lowest BCUT2D eigenvalue weighted by Crippen LogP contribution is -2.45. The van der Waals surface area contributed by atoms with Crippen LogP contribution in [0.25, 0.3) is 0 Å². The van der Waals surface area contributed by atoms with Crippen molar-refractivity contribution in [2.75, 3.05) is 12.0 Å². The lowest BCUT2D eigenvalue weighted by molar-refractivity contribution is 0.0574. The highest BCUT2D eigenvalue weighted by molar-refractivity contribution is 5.98. The highest BCUT2D eigenvalue weighted by atomic mass is 16.2. The summed E-state index contributed by atoms with van der Waals surface area (Å²) in [6.07, 6.45) is 3.85. The van der Waals surface area contributed by atoms with Crippen LogP contribution in [-0.2, 0) is 0 Å². The van der Waals surface area contributed by atoms with Gasteiger partial charge in [-0.1, -0.05) is 6.92 Å². The molecule has 0 spiro atoms. The first-order valence-electron chi connectivity index (χ1n) is 6.36. The second kappa shape index (κ2) is 5.35. The molecule has 5 heteroatoms. The van der Waals surface area contributed by atoms with Crippen molar-refractivity contribution in [2.24, 2.45) is 11.8 Å². The first-order chi connectivity index (χ1) is 8.63. The van der Waals surface area contributed by atoms with Crippen molar-refractivity contribution >= 4 is 11.7 Å². The van der Waals surface area contributed by atoms with Gasteiger partial charge >= 0.3 is 0 Å². The molecule has 1 aliphatic heterocycles. The highest BCUT2D eigenvalue weighted by Gasteiger charge is 2.28. The number of rotatable bonds is 2. The molecule has 5 nitrogen and oxygen atoms in total. The Kier molecular flexibility index (Phi) is 3.81. The second-order valence-corrected chi connectivity index (χ2v) is 5.03. The van der Waals surface area contributed by atoms with Crippen molar-refractivity contribution < 1.29 is 4.79 Å². The zero-order chi connectivity index (χ0) is 13.1. The molecule has 1 aromatic heterocycles. The van der Waals surface area contributed by atoms with E-state index in [0.717, 1.165) is 13.0 Å². The van der Waals surface area contributed by atoms with Crippen molar-refractivity contribution in [3.05, 3.63) is 23.9 Å². The number of nitrogens with one attached hydrogen (secondary N) is 1. The SMILES string of the molecule is CC1CCC(C)N(C(=O)c2cccnc2NN)C1. The topological polar surface area (TPSA) is 71.2 Å². The molecule has 18 heavy (non-hydrogen) atoms. The van der Waals surface area contributed by atoms with Crippen LogP contribution in [0.1, 0.15) is 37.0 Å². The Bertz CT molecular complexity index is 435. The van der Waals surface area contributed by atoms with Crippen molar-refractivity contribution in [3.8, 4) is 0 Å². The van der Waals surface area contributed by atoms with Gasteiger partial charge in [-0.3, -0.25) is 4.79 Å². The summed E-state index contributed by atoms with van der Waals surface area (Å²) in [5.41, 5.74) is 3.03. The maximum atomic E-state index is 12.5. The number of anilines is 1. The summed E-state index contributed by atoms with van der Waals surface area (Å²) in [5.74, 6) is 6.40. The highest BCUT2D eigenvalue weighted by Crippen LogP contribution is 2.24. The van der Waals surface area contributed by atoms with Crippen LogP contribution in [0, 0.1) is 5.92 Å². The van der Waals surface area contributed by atoms with Gasteiger partial charge in [-0.2, -0.15) is 0 Å². The van der Waals surface area contributed by atoms with Gasteiger partial charge in [-0.15, -0.1) is 0 Å². The summed E-state index contributed by atoms with van der Waals surface area (Å²) < 4.78 is 0. The third kappa shape index (κ3) is 2.46. The third-order valence-electron chi connectivity index (χ3n) is 3.55. The fraction of sp³-hybridized carbons (Fsp3) is 0.538. The molecule has 2 heterocycles. The van der Waals surface area contributed by atoms with Crippen LogP contribution in [0.5, 0.6) is 0 Å². The standard InChI is InChI=1S/C13H20N4O/c1-9-5-6-10(2)17(8-9)13(18)11-4-3-7-15-12(11)16-14/h3-4,7,9-10H,5-6,8,14H2,1-2H3,(H,15,16). The largest absolute Gasteiger partial charge is 0.336 e. The van der Waals surface area contributed by atoms with Crippen LogP contribution < -0.4 is 11.3 Å². The number of pyridine rings is 1. The minimum atomic E-state index is 0.00935. The molecule has 0 radical (unpaired) electrons. The van der Waals surface area contributed by atoms with E-state index in [1.807, 2.05) is 4.90 Å². The summed E-state index contributed by atoms with van der Waals surface area (Å²) in [5, 5.41) is 0. The zero-order valence-corrected chi connectivity index (χ0v) is 10.9. The van der Waals surface area contributed by atoms with Gasteiger partial charge in [0.1, 0.15) is 0 Å². The number of nitrogens with two attached hydrogens (primary N) is 1. The molecular weight excluding hydrogens is 228 g/mol. The summed E-state index contributed by atoms with van der Waals surface area (Å²) >= 11 is 0. The summed E-state index contributed by atoms with van der Waals surface area (Å²) in [4.78, 5) is 18.5. The average Bonchev–Trinajstić information content (AvgIpc) is 2.40. The third-order valence-corrected chi connectivity index (χ3v) is 3.55. The molecule has 1 amide bonds. The van der Waals surface area contributed by atoms with Gasteiger partial charge in [0.05, 0.1) is 5.56 Å². The Morgan fingerprint density at radius 2 is 2.28 bits per heavy atom. The predicted octanol–water partition coefficient (Wildman–Crippen LogP) is 1.63. The number of carbonyl (C=O) groups is 1. The molecule has 98 valence electrons. The molecule has 3 N–H and O–H groups in total. The van der Waals surface area contributed by atoms with Gasteiger partial charge in [0.25, 0.3) is 5.91 Å². The van der Waals surface area contributed by atoms with Crippen LogP contribution in [0.4, 0.5) is 5.82 Å². The molecule has 2 atom stereocenters. The van der Waals surface area contributed by atoms with Crippen LogP contribution in [0.2, 0.25) is 0 Å². The van der Waals surface area contributed by atoms with Gasteiger partial charge in [0.2, 0.25) is 0 Å². The number of carbonyl (C=O) groups excluding carboxylic acids is 1. The van der Waals surface area contributed by atoms with E-state index in [1.165, 1.54) is 6.42 Å². The molecule has 0 aliphatic carbocycles. The monoisotopic (exact) mass is 248 g/mol. The van der Waals surface area contributed by atoms with E-state index in [-0.39, 0.29) is 11.9 Å². The van der Waals surface area contributed by atoms with Crippen molar-refractivity contribution in [1.82, 2.24) is 9.88 Å². The van der Waals surface area contributed by atoms with Gasteiger partial charge in [-0.25, -0.2) is 10.8 Å². The lowest BCUT2D eigenvalue weighted by Gasteiger charge is -2.37. The number of likely N-dealkylation sites (tertiary alicyclic amines) is 1. The number of nitrogens with zero attached hydrogens (tertiary/aromatic N) is 2. The number of piperidine rings is 1. The second-order valence-electron chi connectivity index (χ2n) is 5.03. The molecule has 1 saturated heterocycles. The molecule has 0 saturated carbocycles. The van der Waals surface area contributed by atoms with Gasteiger partial charge in [0, 0.05) is 18.8 Å². The summed E-state index contributed by atoms with van der Waals surface area (Å²) in [7, 11) is 0. The lowest BCUT2D eigenvalue weighted by atomic mass is 9.94. The minimum Gasteiger partial charge on any atom is -0.336 e. The molecule has 1 aromatic rings. The van der Waals surface area contributed by atoms with Gasteiger partial charge in [-0.05, 0) is 37.8 Å². The van der Waals surface area contributed by atoms with E-state index in [0.29, 0.717) is 17.3 Å². The first kappa shape index (κ1) is 12.8.